The van der Waals surface area contributed by atoms with Crippen molar-refractivity contribution < 1.29 is 24.5 Å². The first-order chi connectivity index (χ1) is 37.5. The van der Waals surface area contributed by atoms with E-state index in [2.05, 4.69) is 43.5 Å². The third kappa shape index (κ3) is 61.6. The number of aliphatic hydroxyl groups excluding tert-OH is 2. The molecule has 6 nitrogen and oxygen atoms in total. The molecule has 6 heteroatoms. The SMILES string of the molecule is CCCCCCCC/C=C\CCCCCCCCCC(=O)OCCCCCCCCCCCCCC/C=C\CCCCCCCCCCCCCCCCCC(=O)NC(CO)C(O)CCCCCCCCCCCCC. The predicted octanol–water partition coefficient (Wildman–Crippen LogP) is 22.1. The van der Waals surface area contributed by atoms with Crippen LogP contribution in [0.3, 0.4) is 0 Å². The molecule has 0 heterocycles. The summed E-state index contributed by atoms with van der Waals surface area (Å²) in [5.41, 5.74) is 0. The summed E-state index contributed by atoms with van der Waals surface area (Å²) >= 11 is 0. The smallest absolute Gasteiger partial charge is 0.305 e. The maximum absolute atomic E-state index is 12.5. The number of esters is 1. The number of unbranched alkanes of at least 4 members (excludes halogenated alkanes) is 50. The number of carbonyl (C=O) groups excluding carboxylic acids is 2. The van der Waals surface area contributed by atoms with Crippen molar-refractivity contribution in [1.29, 1.82) is 0 Å². The Labute approximate surface area is 475 Å². The van der Waals surface area contributed by atoms with Crippen LogP contribution in [0, 0.1) is 0 Å². The van der Waals surface area contributed by atoms with Crippen LogP contribution in [0.15, 0.2) is 24.3 Å². The fourth-order valence-electron chi connectivity index (χ4n) is 10.9. The fourth-order valence-corrected chi connectivity index (χ4v) is 10.9. The molecule has 3 N–H and O–H groups in total. The molecule has 0 aromatic rings. The minimum Gasteiger partial charge on any atom is -0.466 e. The van der Waals surface area contributed by atoms with E-state index in [-0.39, 0.29) is 18.5 Å². The molecule has 450 valence electrons. The zero-order valence-corrected chi connectivity index (χ0v) is 51.5. The monoisotopic (exact) mass is 1070 g/mol. The van der Waals surface area contributed by atoms with Crippen LogP contribution in [-0.4, -0.2) is 47.4 Å². The topological polar surface area (TPSA) is 95.9 Å². The molecule has 76 heavy (non-hydrogen) atoms. The van der Waals surface area contributed by atoms with Crippen LogP contribution in [0.1, 0.15) is 386 Å². The first kappa shape index (κ1) is 74.3. The Kier molecular flexibility index (Phi) is 64.4. The minimum absolute atomic E-state index is 0.0149. The summed E-state index contributed by atoms with van der Waals surface area (Å²) in [6.07, 6.45) is 82.3. The number of hydrogen-bond donors (Lipinski definition) is 3. The number of hydrogen-bond acceptors (Lipinski definition) is 5. The van der Waals surface area contributed by atoms with Crippen LogP contribution in [0.25, 0.3) is 0 Å². The molecule has 0 fully saturated rings. The molecule has 0 aliphatic carbocycles. The maximum atomic E-state index is 12.5. The fraction of sp³-hybridized carbons (Fsp3) is 0.914. The molecule has 2 atom stereocenters. The molecule has 1 amide bonds. The van der Waals surface area contributed by atoms with Gasteiger partial charge in [-0.25, -0.2) is 0 Å². The van der Waals surface area contributed by atoms with E-state index in [9.17, 15) is 19.8 Å². The van der Waals surface area contributed by atoms with Crippen molar-refractivity contribution in [2.45, 2.75) is 398 Å². The summed E-state index contributed by atoms with van der Waals surface area (Å²) in [6, 6.07) is -0.538. The lowest BCUT2D eigenvalue weighted by molar-refractivity contribution is -0.143. The highest BCUT2D eigenvalue weighted by Gasteiger charge is 2.20. The van der Waals surface area contributed by atoms with Crippen molar-refractivity contribution >= 4 is 11.9 Å². The molecule has 0 spiro atoms. The van der Waals surface area contributed by atoms with Crippen LogP contribution < -0.4 is 5.32 Å². The number of allylic oxidation sites excluding steroid dienone is 4. The largest absolute Gasteiger partial charge is 0.466 e. The summed E-state index contributed by atoms with van der Waals surface area (Å²) < 4.78 is 5.50. The van der Waals surface area contributed by atoms with Gasteiger partial charge in [0.2, 0.25) is 5.91 Å². The zero-order valence-electron chi connectivity index (χ0n) is 51.5. The molecule has 0 bridgehead atoms. The summed E-state index contributed by atoms with van der Waals surface area (Å²) in [5, 5.41) is 23.2. The second-order valence-electron chi connectivity index (χ2n) is 23.9. The van der Waals surface area contributed by atoms with Crippen molar-refractivity contribution in [2.24, 2.45) is 0 Å². The summed E-state index contributed by atoms with van der Waals surface area (Å²) in [4.78, 5) is 24.5. The number of amides is 1. The van der Waals surface area contributed by atoms with Gasteiger partial charge in [0.1, 0.15) is 0 Å². The standard InChI is InChI=1S/C70H135NO5/c1-3-5-7-9-11-13-15-16-17-33-37-40-44-48-52-56-60-64-70(75)76-65-61-57-53-49-45-41-38-35-32-30-28-26-24-22-20-18-19-21-23-25-27-29-31-34-36-39-43-47-51-55-59-63-69(74)71-67(66-72)68(73)62-58-54-50-46-42-14-12-10-8-6-4-2/h16-17,20,22,67-68,72-73H,3-15,18-19,21,23-66H2,1-2H3,(H,71,74)/b17-16-,22-20-. The average Bonchev–Trinajstić information content (AvgIpc) is 3.42. The summed E-state index contributed by atoms with van der Waals surface area (Å²) in [5.74, 6) is -0.0173. The Morgan fingerprint density at radius 3 is 0.934 bits per heavy atom. The van der Waals surface area contributed by atoms with E-state index in [1.54, 1.807) is 0 Å². The van der Waals surface area contributed by atoms with Crippen LogP contribution in [-0.2, 0) is 14.3 Å². The summed E-state index contributed by atoms with van der Waals surface area (Å²) in [6.45, 7) is 4.97. The number of aliphatic hydroxyl groups is 2. The molecular weight excluding hydrogens is 935 g/mol. The van der Waals surface area contributed by atoms with Gasteiger partial charge in [0.15, 0.2) is 0 Å². The highest BCUT2D eigenvalue weighted by atomic mass is 16.5. The third-order valence-corrected chi connectivity index (χ3v) is 16.2. The molecule has 2 unspecified atom stereocenters. The number of nitrogens with one attached hydrogen (secondary N) is 1. The molecule has 0 aliphatic rings. The number of ether oxygens (including phenoxy) is 1. The number of carbonyl (C=O) groups is 2. The van der Waals surface area contributed by atoms with Gasteiger partial charge in [-0.2, -0.15) is 0 Å². The van der Waals surface area contributed by atoms with Gasteiger partial charge in [-0.15, -0.1) is 0 Å². The van der Waals surface area contributed by atoms with Crippen molar-refractivity contribution in [3.05, 3.63) is 24.3 Å². The average molecular weight is 1070 g/mol. The van der Waals surface area contributed by atoms with E-state index < -0.39 is 12.1 Å². The van der Waals surface area contributed by atoms with E-state index in [0.717, 1.165) is 44.9 Å². The molecule has 0 rings (SSSR count). The van der Waals surface area contributed by atoms with E-state index in [0.29, 0.717) is 25.9 Å². The highest BCUT2D eigenvalue weighted by molar-refractivity contribution is 5.76. The van der Waals surface area contributed by atoms with Gasteiger partial charge in [0.05, 0.1) is 25.4 Å². The molecule has 0 saturated carbocycles. The lowest BCUT2D eigenvalue weighted by Crippen LogP contribution is -2.45. The first-order valence-electron chi connectivity index (χ1n) is 34.6. The quantitative estimate of drug-likeness (QED) is 0.0320. The molecule has 0 radical (unpaired) electrons. The lowest BCUT2D eigenvalue weighted by Gasteiger charge is -2.22. The van der Waals surface area contributed by atoms with Gasteiger partial charge in [-0.3, -0.25) is 9.59 Å². The second kappa shape index (κ2) is 65.9. The van der Waals surface area contributed by atoms with Crippen molar-refractivity contribution in [2.75, 3.05) is 13.2 Å². The van der Waals surface area contributed by atoms with Crippen LogP contribution in [0.2, 0.25) is 0 Å². The molecular formula is C70H135NO5. The van der Waals surface area contributed by atoms with Gasteiger partial charge in [0, 0.05) is 12.8 Å². The van der Waals surface area contributed by atoms with E-state index >= 15 is 0 Å². The number of rotatable bonds is 65. The van der Waals surface area contributed by atoms with E-state index in [4.69, 9.17) is 4.74 Å². The summed E-state index contributed by atoms with van der Waals surface area (Å²) in [7, 11) is 0. The third-order valence-electron chi connectivity index (χ3n) is 16.2. The van der Waals surface area contributed by atoms with Gasteiger partial charge in [-0.05, 0) is 77.0 Å². The molecule has 0 saturated heterocycles. The van der Waals surface area contributed by atoms with E-state index in [1.807, 2.05) is 0 Å². The van der Waals surface area contributed by atoms with Gasteiger partial charge in [-0.1, -0.05) is 321 Å². The van der Waals surface area contributed by atoms with Crippen molar-refractivity contribution in [1.82, 2.24) is 5.32 Å². The first-order valence-corrected chi connectivity index (χ1v) is 34.6. The Morgan fingerprint density at radius 2 is 0.618 bits per heavy atom. The maximum Gasteiger partial charge on any atom is 0.305 e. The highest BCUT2D eigenvalue weighted by Crippen LogP contribution is 2.18. The molecule has 0 aromatic carbocycles. The van der Waals surface area contributed by atoms with Crippen molar-refractivity contribution in [3.63, 3.8) is 0 Å². The lowest BCUT2D eigenvalue weighted by atomic mass is 10.0. The van der Waals surface area contributed by atoms with Crippen LogP contribution >= 0.6 is 0 Å². The minimum atomic E-state index is -0.661. The van der Waals surface area contributed by atoms with E-state index in [1.165, 1.54) is 308 Å². The Morgan fingerprint density at radius 1 is 0.355 bits per heavy atom. The Balaban J connectivity index is 3.33. The van der Waals surface area contributed by atoms with Crippen molar-refractivity contribution in [3.8, 4) is 0 Å². The van der Waals surface area contributed by atoms with Gasteiger partial charge >= 0.3 is 5.97 Å². The predicted molar refractivity (Wildman–Crippen MR) is 333 cm³/mol. The van der Waals surface area contributed by atoms with Gasteiger partial charge in [0.25, 0.3) is 0 Å². The Bertz CT molecular complexity index is 1190. The normalized spacial score (nSPS) is 12.6. The zero-order chi connectivity index (χ0) is 55.0. The van der Waals surface area contributed by atoms with Crippen LogP contribution in [0.4, 0.5) is 0 Å². The molecule has 0 aliphatic heterocycles. The second-order valence-corrected chi connectivity index (χ2v) is 23.9. The Hall–Kier alpha value is -1.66. The van der Waals surface area contributed by atoms with Gasteiger partial charge < -0.3 is 20.3 Å². The molecule has 0 aromatic heterocycles. The van der Waals surface area contributed by atoms with Crippen LogP contribution in [0.5, 0.6) is 0 Å².